The Balaban J connectivity index is 1.73. The summed E-state index contributed by atoms with van der Waals surface area (Å²) in [4.78, 5) is 16.0. The molecule has 1 aromatic carbocycles. The molecule has 0 unspecified atom stereocenters. The van der Waals surface area contributed by atoms with E-state index in [0.29, 0.717) is 27.5 Å². The van der Waals surface area contributed by atoms with Crippen LogP contribution in [0.3, 0.4) is 0 Å². The molecule has 9 nitrogen and oxygen atoms in total. The van der Waals surface area contributed by atoms with Crippen LogP contribution in [-0.2, 0) is 4.79 Å². The van der Waals surface area contributed by atoms with Gasteiger partial charge in [0.1, 0.15) is 17.2 Å². The van der Waals surface area contributed by atoms with Gasteiger partial charge in [0.15, 0.2) is 5.13 Å². The molecule has 2 aromatic heterocycles. The molecule has 3 rings (SSSR count). The molecule has 130 valence electrons. The number of nitrogens with zero attached hydrogens (tertiary/aromatic N) is 5. The van der Waals surface area contributed by atoms with Crippen LogP contribution < -0.4 is 14.8 Å². The second-order valence-electron chi connectivity index (χ2n) is 4.59. The number of carbonyl (C=O) groups is 1. The number of carbonyl (C=O) groups excluding carboxylic acids is 1. The Morgan fingerprint density at radius 3 is 2.96 bits per heavy atom. The summed E-state index contributed by atoms with van der Waals surface area (Å²) in [5.74, 6) is 1.18. The minimum atomic E-state index is -0.184. The van der Waals surface area contributed by atoms with Gasteiger partial charge in [0.25, 0.3) is 0 Å². The molecule has 0 fully saturated rings. The van der Waals surface area contributed by atoms with E-state index in [9.17, 15) is 4.79 Å². The number of rotatable bonds is 7. The Labute approximate surface area is 151 Å². The Morgan fingerprint density at radius 2 is 2.24 bits per heavy atom. The van der Waals surface area contributed by atoms with Gasteiger partial charge in [-0.1, -0.05) is 11.8 Å². The average Bonchev–Trinajstić information content (AvgIpc) is 3.31. The lowest BCUT2D eigenvalue weighted by atomic mass is 10.3. The van der Waals surface area contributed by atoms with Crippen molar-refractivity contribution < 1.29 is 14.3 Å². The van der Waals surface area contributed by atoms with Crippen LogP contribution in [0, 0.1) is 0 Å². The minimum absolute atomic E-state index is 0.151. The Bertz CT molecular complexity index is 852. The van der Waals surface area contributed by atoms with E-state index < -0.39 is 0 Å². The van der Waals surface area contributed by atoms with Crippen molar-refractivity contribution >= 4 is 34.1 Å². The van der Waals surface area contributed by atoms with Gasteiger partial charge in [-0.3, -0.25) is 4.79 Å². The highest BCUT2D eigenvalue weighted by Crippen LogP contribution is 2.29. The van der Waals surface area contributed by atoms with Crippen molar-refractivity contribution in [2.24, 2.45) is 0 Å². The van der Waals surface area contributed by atoms with Crippen molar-refractivity contribution in [1.82, 2.24) is 25.2 Å². The highest BCUT2D eigenvalue weighted by molar-refractivity contribution is 7.99. The topological polar surface area (TPSA) is 104 Å². The molecule has 2 heterocycles. The average molecular weight is 378 g/mol. The van der Waals surface area contributed by atoms with Crippen molar-refractivity contribution in [2.75, 3.05) is 25.3 Å². The molecule has 0 aliphatic heterocycles. The zero-order valence-electron chi connectivity index (χ0n) is 13.4. The number of thiazole rings is 1. The van der Waals surface area contributed by atoms with E-state index in [0.717, 1.165) is 0 Å². The van der Waals surface area contributed by atoms with Gasteiger partial charge in [-0.15, -0.1) is 16.4 Å². The summed E-state index contributed by atoms with van der Waals surface area (Å²) in [6.45, 7) is 0. The van der Waals surface area contributed by atoms with Crippen molar-refractivity contribution in [1.29, 1.82) is 0 Å². The predicted octanol–water partition coefficient (Wildman–Crippen LogP) is 1.87. The van der Waals surface area contributed by atoms with Crippen molar-refractivity contribution in [2.45, 2.75) is 5.16 Å². The molecular weight excluding hydrogens is 364 g/mol. The molecular formula is C14H14N6O3S2. The first-order valence-corrected chi connectivity index (χ1v) is 8.90. The quantitative estimate of drug-likeness (QED) is 0.621. The summed E-state index contributed by atoms with van der Waals surface area (Å²) in [7, 11) is 3.13. The van der Waals surface area contributed by atoms with Crippen LogP contribution in [0.2, 0.25) is 0 Å². The number of thioether (sulfide) groups is 1. The van der Waals surface area contributed by atoms with Gasteiger partial charge in [-0.2, -0.15) is 4.68 Å². The van der Waals surface area contributed by atoms with Crippen LogP contribution in [-0.4, -0.2) is 51.1 Å². The smallest absolute Gasteiger partial charge is 0.236 e. The molecule has 0 aliphatic rings. The summed E-state index contributed by atoms with van der Waals surface area (Å²) in [6, 6.07) is 5.30. The van der Waals surface area contributed by atoms with Crippen molar-refractivity contribution in [3.8, 4) is 17.2 Å². The van der Waals surface area contributed by atoms with Crippen LogP contribution in [0.4, 0.5) is 5.13 Å². The van der Waals surface area contributed by atoms with Gasteiger partial charge in [0.05, 0.1) is 20.0 Å². The Morgan fingerprint density at radius 1 is 1.36 bits per heavy atom. The maximum absolute atomic E-state index is 12.0. The summed E-state index contributed by atoms with van der Waals surface area (Å²) in [6.07, 6.45) is 1.63. The van der Waals surface area contributed by atoms with E-state index in [-0.39, 0.29) is 11.7 Å². The maximum Gasteiger partial charge on any atom is 0.236 e. The van der Waals surface area contributed by atoms with Gasteiger partial charge in [0, 0.05) is 17.6 Å². The monoisotopic (exact) mass is 378 g/mol. The van der Waals surface area contributed by atoms with Crippen LogP contribution in [0.15, 0.2) is 34.9 Å². The molecule has 3 aromatic rings. The normalized spacial score (nSPS) is 10.5. The summed E-state index contributed by atoms with van der Waals surface area (Å²) >= 11 is 2.57. The second kappa shape index (κ2) is 7.94. The fraction of sp³-hybridized carbons (Fsp3) is 0.214. The SMILES string of the molecule is COc1ccc(-n2nnnc2SCC(=O)Nc2nccs2)c(OC)c1. The fourth-order valence-electron chi connectivity index (χ4n) is 1.95. The zero-order valence-corrected chi connectivity index (χ0v) is 15.0. The van der Waals surface area contributed by atoms with Crippen LogP contribution in [0.5, 0.6) is 11.5 Å². The van der Waals surface area contributed by atoms with E-state index in [2.05, 4.69) is 25.8 Å². The number of hydrogen-bond donors (Lipinski definition) is 1. The van der Waals surface area contributed by atoms with Crippen LogP contribution >= 0.6 is 23.1 Å². The largest absolute Gasteiger partial charge is 0.497 e. The molecule has 11 heteroatoms. The molecule has 0 spiro atoms. The van der Waals surface area contributed by atoms with Gasteiger partial charge < -0.3 is 14.8 Å². The second-order valence-corrected chi connectivity index (χ2v) is 6.42. The first kappa shape index (κ1) is 17.2. The van der Waals surface area contributed by atoms with Gasteiger partial charge >= 0.3 is 0 Å². The van der Waals surface area contributed by atoms with Crippen molar-refractivity contribution in [3.63, 3.8) is 0 Å². The number of tetrazole rings is 1. The molecule has 0 radical (unpaired) electrons. The van der Waals surface area contributed by atoms with E-state index in [1.807, 2.05) is 0 Å². The van der Waals surface area contributed by atoms with E-state index >= 15 is 0 Å². The third kappa shape index (κ3) is 4.06. The molecule has 0 bridgehead atoms. The maximum atomic E-state index is 12.0. The van der Waals surface area contributed by atoms with Gasteiger partial charge in [-0.25, -0.2) is 4.98 Å². The van der Waals surface area contributed by atoms with E-state index in [4.69, 9.17) is 9.47 Å². The predicted molar refractivity (Wildman–Crippen MR) is 93.7 cm³/mol. The number of hydrogen-bond acceptors (Lipinski definition) is 9. The highest BCUT2D eigenvalue weighted by atomic mass is 32.2. The summed E-state index contributed by atoms with van der Waals surface area (Å²) < 4.78 is 12.1. The van der Waals surface area contributed by atoms with Gasteiger partial charge in [-0.05, 0) is 22.6 Å². The molecule has 1 amide bonds. The van der Waals surface area contributed by atoms with Crippen molar-refractivity contribution in [3.05, 3.63) is 29.8 Å². The Kier molecular flexibility index (Phi) is 5.46. The summed E-state index contributed by atoms with van der Waals surface area (Å²) in [5.41, 5.74) is 0.649. The lowest BCUT2D eigenvalue weighted by Gasteiger charge is -2.10. The number of amides is 1. The lowest BCUT2D eigenvalue weighted by molar-refractivity contribution is -0.113. The minimum Gasteiger partial charge on any atom is -0.497 e. The third-order valence-corrected chi connectivity index (χ3v) is 4.67. The first-order valence-electron chi connectivity index (χ1n) is 7.04. The molecule has 0 atom stereocenters. The molecule has 0 saturated heterocycles. The van der Waals surface area contributed by atoms with Crippen LogP contribution in [0.25, 0.3) is 5.69 Å². The highest BCUT2D eigenvalue weighted by Gasteiger charge is 2.16. The molecule has 0 saturated carbocycles. The number of ether oxygens (including phenoxy) is 2. The molecule has 0 aliphatic carbocycles. The fourth-order valence-corrected chi connectivity index (χ4v) is 3.18. The van der Waals surface area contributed by atoms with Crippen LogP contribution in [0.1, 0.15) is 0 Å². The summed E-state index contributed by atoms with van der Waals surface area (Å²) in [5, 5.41) is 17.2. The number of methoxy groups -OCH3 is 2. The van der Waals surface area contributed by atoms with Gasteiger partial charge in [0.2, 0.25) is 11.1 Å². The number of benzene rings is 1. The number of aromatic nitrogens is 5. The first-order chi connectivity index (χ1) is 12.2. The number of nitrogens with one attached hydrogen (secondary N) is 1. The lowest BCUT2D eigenvalue weighted by Crippen LogP contribution is -2.14. The Hall–Kier alpha value is -2.66. The van der Waals surface area contributed by atoms with E-state index in [1.54, 1.807) is 44.0 Å². The van der Waals surface area contributed by atoms with E-state index in [1.165, 1.54) is 27.8 Å². The molecule has 25 heavy (non-hydrogen) atoms. The standard InChI is InChI=1S/C14H14N6O3S2/c1-22-9-3-4-10(11(7-9)23-2)20-14(17-18-19-20)25-8-12(21)16-13-15-5-6-24-13/h3-7H,8H2,1-2H3,(H,15,16,21). The molecule has 1 N–H and O–H groups in total. The third-order valence-electron chi connectivity index (χ3n) is 3.07. The number of anilines is 1. The zero-order chi connectivity index (χ0) is 17.6.